The van der Waals surface area contributed by atoms with Crippen LogP contribution in [0.4, 0.5) is 0 Å². The second kappa shape index (κ2) is 4.09. The maximum absolute atomic E-state index is 10.8. The van der Waals surface area contributed by atoms with Gasteiger partial charge in [-0.25, -0.2) is 0 Å². The molecule has 3 nitrogen and oxygen atoms in total. The number of aromatic nitrogens is 1. The fourth-order valence-corrected chi connectivity index (χ4v) is 1.54. The van der Waals surface area contributed by atoms with Crippen molar-refractivity contribution in [2.24, 2.45) is 0 Å². The predicted octanol–water partition coefficient (Wildman–Crippen LogP) is 2.45. The molecule has 0 spiro atoms. The number of hydrogen-bond donors (Lipinski definition) is 0. The Labute approximate surface area is 87.7 Å². The van der Waals surface area contributed by atoms with Gasteiger partial charge in [-0.2, -0.15) is 0 Å². The van der Waals surface area contributed by atoms with Crippen molar-refractivity contribution < 1.29 is 9.53 Å². The zero-order valence-corrected chi connectivity index (χ0v) is 8.43. The zero-order chi connectivity index (χ0) is 10.7. The summed E-state index contributed by atoms with van der Waals surface area (Å²) in [4.78, 5) is 15.0. The van der Waals surface area contributed by atoms with Crippen molar-refractivity contribution in [1.82, 2.24) is 4.98 Å². The van der Waals surface area contributed by atoms with E-state index in [0.29, 0.717) is 12.2 Å². The maximum Gasteiger partial charge on any atom is 0.150 e. The molecular weight excluding hydrogens is 190 g/mol. The first-order valence-electron chi connectivity index (χ1n) is 4.82. The molecule has 76 valence electrons. The summed E-state index contributed by atoms with van der Waals surface area (Å²) in [7, 11) is 0. The molecule has 1 heterocycles. The molecule has 0 unspecified atom stereocenters. The molecule has 0 fully saturated rings. The van der Waals surface area contributed by atoms with Crippen LogP contribution in [0.2, 0.25) is 0 Å². The summed E-state index contributed by atoms with van der Waals surface area (Å²) >= 11 is 0. The highest BCUT2D eigenvalue weighted by molar-refractivity contribution is 5.98. The molecule has 1 aromatic heterocycles. The van der Waals surface area contributed by atoms with E-state index in [4.69, 9.17) is 4.74 Å². The Morgan fingerprint density at radius 2 is 2.27 bits per heavy atom. The summed E-state index contributed by atoms with van der Waals surface area (Å²) < 4.78 is 5.44. The number of rotatable bonds is 3. The fraction of sp³-hybridized carbons (Fsp3) is 0.167. The van der Waals surface area contributed by atoms with Gasteiger partial charge in [-0.1, -0.05) is 6.07 Å². The quantitative estimate of drug-likeness (QED) is 0.716. The van der Waals surface area contributed by atoms with E-state index in [1.165, 1.54) is 0 Å². The minimum atomic E-state index is 0.589. The molecule has 0 N–H and O–H groups in total. The van der Waals surface area contributed by atoms with E-state index >= 15 is 0 Å². The lowest BCUT2D eigenvalue weighted by Gasteiger charge is -2.07. The van der Waals surface area contributed by atoms with E-state index in [2.05, 4.69) is 4.98 Å². The average Bonchev–Trinajstić information content (AvgIpc) is 2.30. The summed E-state index contributed by atoms with van der Waals surface area (Å²) in [5.74, 6) is 0.721. The summed E-state index contributed by atoms with van der Waals surface area (Å²) in [6.45, 7) is 2.51. The molecule has 0 amide bonds. The molecule has 0 atom stereocenters. The lowest BCUT2D eigenvalue weighted by molar-refractivity contribution is 0.112. The van der Waals surface area contributed by atoms with E-state index in [9.17, 15) is 4.79 Å². The van der Waals surface area contributed by atoms with Gasteiger partial charge in [0.25, 0.3) is 0 Å². The highest BCUT2D eigenvalue weighted by Crippen LogP contribution is 2.25. The number of nitrogens with zero attached hydrogens (tertiary/aromatic N) is 1. The van der Waals surface area contributed by atoms with Gasteiger partial charge in [-0.3, -0.25) is 9.78 Å². The van der Waals surface area contributed by atoms with E-state index in [-0.39, 0.29) is 0 Å². The van der Waals surface area contributed by atoms with E-state index in [0.717, 1.165) is 22.9 Å². The lowest BCUT2D eigenvalue weighted by atomic mass is 10.1. The van der Waals surface area contributed by atoms with Crippen LogP contribution < -0.4 is 4.74 Å². The standard InChI is InChI=1S/C12H11NO2/c1-2-15-11-6-5-9(8-14)10-4-3-7-13-12(10)11/h3-8H,2H2,1H3. The van der Waals surface area contributed by atoms with Gasteiger partial charge in [0, 0.05) is 17.1 Å². The molecule has 0 saturated heterocycles. The van der Waals surface area contributed by atoms with Crippen LogP contribution in [-0.2, 0) is 0 Å². The van der Waals surface area contributed by atoms with Crippen LogP contribution in [-0.4, -0.2) is 17.9 Å². The maximum atomic E-state index is 10.8. The fourth-order valence-electron chi connectivity index (χ4n) is 1.54. The second-order valence-electron chi connectivity index (χ2n) is 3.10. The monoisotopic (exact) mass is 201 g/mol. The van der Waals surface area contributed by atoms with E-state index in [1.54, 1.807) is 18.3 Å². The summed E-state index contributed by atoms with van der Waals surface area (Å²) in [5.41, 5.74) is 1.38. The van der Waals surface area contributed by atoms with Crippen molar-refractivity contribution in [2.75, 3.05) is 6.61 Å². The number of carbonyl (C=O) groups is 1. The number of carbonyl (C=O) groups excluding carboxylic acids is 1. The Morgan fingerprint density at radius 1 is 1.40 bits per heavy atom. The second-order valence-corrected chi connectivity index (χ2v) is 3.10. The number of benzene rings is 1. The highest BCUT2D eigenvalue weighted by atomic mass is 16.5. The molecule has 2 aromatic rings. The highest BCUT2D eigenvalue weighted by Gasteiger charge is 2.06. The number of hydrogen-bond acceptors (Lipinski definition) is 3. The first kappa shape index (κ1) is 9.65. The van der Waals surface area contributed by atoms with Crippen LogP contribution in [0.1, 0.15) is 17.3 Å². The van der Waals surface area contributed by atoms with Crippen molar-refractivity contribution in [2.45, 2.75) is 6.92 Å². The van der Waals surface area contributed by atoms with Gasteiger partial charge in [-0.05, 0) is 25.1 Å². The largest absolute Gasteiger partial charge is 0.492 e. The topological polar surface area (TPSA) is 39.2 Å². The van der Waals surface area contributed by atoms with Crippen molar-refractivity contribution in [3.05, 3.63) is 36.0 Å². The molecule has 1 aromatic carbocycles. The van der Waals surface area contributed by atoms with Crippen LogP contribution in [0.15, 0.2) is 30.5 Å². The number of ether oxygens (including phenoxy) is 1. The molecule has 3 heteroatoms. The molecule has 2 rings (SSSR count). The minimum Gasteiger partial charge on any atom is -0.492 e. The van der Waals surface area contributed by atoms with Crippen LogP contribution in [0, 0.1) is 0 Å². The molecule has 0 aliphatic heterocycles. The first-order chi connectivity index (χ1) is 7.36. The predicted molar refractivity (Wildman–Crippen MR) is 58.3 cm³/mol. The summed E-state index contributed by atoms with van der Waals surface area (Å²) in [6.07, 6.45) is 2.53. The van der Waals surface area contributed by atoms with Crippen molar-refractivity contribution >= 4 is 17.2 Å². The SMILES string of the molecule is CCOc1ccc(C=O)c2cccnc12. The lowest BCUT2D eigenvalue weighted by Crippen LogP contribution is -1.95. The number of aldehydes is 1. The third kappa shape index (κ3) is 1.68. The van der Waals surface area contributed by atoms with Gasteiger partial charge < -0.3 is 4.74 Å². The Morgan fingerprint density at radius 3 is 3.00 bits per heavy atom. The molecule has 0 aliphatic carbocycles. The Hall–Kier alpha value is -1.90. The number of fused-ring (bicyclic) bond motifs is 1. The molecular formula is C12H11NO2. The van der Waals surface area contributed by atoms with Crippen molar-refractivity contribution in [3.8, 4) is 5.75 Å². The van der Waals surface area contributed by atoms with Gasteiger partial charge in [0.1, 0.15) is 11.3 Å². The van der Waals surface area contributed by atoms with Crippen LogP contribution in [0.25, 0.3) is 10.9 Å². The minimum absolute atomic E-state index is 0.589. The van der Waals surface area contributed by atoms with Gasteiger partial charge >= 0.3 is 0 Å². The van der Waals surface area contributed by atoms with Crippen LogP contribution in [0.5, 0.6) is 5.75 Å². The molecule has 0 aliphatic rings. The van der Waals surface area contributed by atoms with Crippen LogP contribution >= 0.6 is 0 Å². The summed E-state index contributed by atoms with van der Waals surface area (Å²) in [6, 6.07) is 7.21. The smallest absolute Gasteiger partial charge is 0.150 e. The van der Waals surface area contributed by atoms with Crippen LogP contribution in [0.3, 0.4) is 0 Å². The third-order valence-electron chi connectivity index (χ3n) is 2.19. The Balaban J connectivity index is 2.71. The molecule has 15 heavy (non-hydrogen) atoms. The van der Waals surface area contributed by atoms with Gasteiger partial charge in [0.2, 0.25) is 0 Å². The third-order valence-corrected chi connectivity index (χ3v) is 2.19. The summed E-state index contributed by atoms with van der Waals surface area (Å²) in [5, 5.41) is 0.832. The number of pyridine rings is 1. The van der Waals surface area contributed by atoms with E-state index < -0.39 is 0 Å². The normalized spacial score (nSPS) is 10.2. The molecule has 0 radical (unpaired) electrons. The Kier molecular flexibility index (Phi) is 2.63. The van der Waals surface area contributed by atoms with Gasteiger partial charge in [-0.15, -0.1) is 0 Å². The molecule has 0 saturated carbocycles. The van der Waals surface area contributed by atoms with Crippen molar-refractivity contribution in [3.63, 3.8) is 0 Å². The average molecular weight is 201 g/mol. The Bertz CT molecular complexity index is 494. The first-order valence-corrected chi connectivity index (χ1v) is 4.82. The van der Waals surface area contributed by atoms with Crippen molar-refractivity contribution in [1.29, 1.82) is 0 Å². The van der Waals surface area contributed by atoms with Gasteiger partial charge in [0.15, 0.2) is 6.29 Å². The van der Waals surface area contributed by atoms with E-state index in [1.807, 2.05) is 19.1 Å². The molecule has 0 bridgehead atoms. The zero-order valence-electron chi connectivity index (χ0n) is 8.43. The van der Waals surface area contributed by atoms with Gasteiger partial charge in [0.05, 0.1) is 6.61 Å².